The van der Waals surface area contributed by atoms with E-state index >= 15 is 0 Å². The highest BCUT2D eigenvalue weighted by Crippen LogP contribution is 2.62. The lowest BCUT2D eigenvalue weighted by Gasteiger charge is -2.58. The van der Waals surface area contributed by atoms with E-state index in [0.717, 1.165) is 22.6 Å². The summed E-state index contributed by atoms with van der Waals surface area (Å²) in [5, 5.41) is 10.8. The third-order valence-electron chi connectivity index (χ3n) is 10.0. The number of anilines is 1. The van der Waals surface area contributed by atoms with E-state index in [2.05, 4.69) is 15.5 Å². The predicted octanol–water partition coefficient (Wildman–Crippen LogP) is 4.40. The number of H-pyrrole nitrogens is 1. The molecule has 248 valence electrons. The van der Waals surface area contributed by atoms with Crippen LogP contribution in [-0.4, -0.2) is 73.5 Å². The quantitative estimate of drug-likeness (QED) is 0.330. The summed E-state index contributed by atoms with van der Waals surface area (Å²) in [4.78, 5) is 54.9. The van der Waals surface area contributed by atoms with Crippen LogP contribution in [0.1, 0.15) is 69.9 Å². The molecule has 0 atom stereocenters. The summed E-state index contributed by atoms with van der Waals surface area (Å²) in [6, 6.07) is 6.11. The van der Waals surface area contributed by atoms with Crippen molar-refractivity contribution in [3.63, 3.8) is 0 Å². The van der Waals surface area contributed by atoms with Crippen molar-refractivity contribution in [2.75, 3.05) is 26.0 Å². The zero-order valence-corrected chi connectivity index (χ0v) is 26.1. The van der Waals surface area contributed by atoms with Gasteiger partial charge in [0.2, 0.25) is 0 Å². The number of methoxy groups -OCH3 is 1. The molecule has 0 bridgehead atoms. The van der Waals surface area contributed by atoms with Gasteiger partial charge in [0.25, 0.3) is 11.5 Å². The summed E-state index contributed by atoms with van der Waals surface area (Å²) >= 11 is 0. The van der Waals surface area contributed by atoms with Crippen molar-refractivity contribution in [1.29, 1.82) is 0 Å². The molecule has 3 aromatic rings. The second kappa shape index (κ2) is 11.5. The number of urea groups is 1. The molecule has 2 aliphatic carbocycles. The average Bonchev–Trinajstić information content (AvgIpc) is 3.51. The van der Waals surface area contributed by atoms with E-state index in [0.29, 0.717) is 55.9 Å². The van der Waals surface area contributed by atoms with E-state index in [-0.39, 0.29) is 23.9 Å². The van der Waals surface area contributed by atoms with E-state index in [1.807, 2.05) is 31.2 Å². The van der Waals surface area contributed by atoms with Crippen molar-refractivity contribution in [2.45, 2.75) is 89.1 Å². The van der Waals surface area contributed by atoms with Gasteiger partial charge in [0.15, 0.2) is 5.65 Å². The average molecular weight is 646 g/mol. The van der Waals surface area contributed by atoms with E-state index < -0.39 is 52.9 Å². The van der Waals surface area contributed by atoms with E-state index in [1.165, 1.54) is 16.2 Å². The topological polar surface area (TPSA) is 135 Å². The summed E-state index contributed by atoms with van der Waals surface area (Å²) in [6.07, 6.45) is -0.935. The Kier molecular flexibility index (Phi) is 7.92. The monoisotopic (exact) mass is 645 g/mol. The number of nitrogens with one attached hydrogen (secondary N) is 2. The fourth-order valence-electron chi connectivity index (χ4n) is 7.69. The molecule has 2 N–H and O–H groups in total. The van der Waals surface area contributed by atoms with Gasteiger partial charge < -0.3 is 15.0 Å². The maximum absolute atomic E-state index is 14.0. The Morgan fingerprint density at radius 3 is 2.37 bits per heavy atom. The van der Waals surface area contributed by atoms with Gasteiger partial charge in [-0.05, 0) is 68.1 Å². The minimum Gasteiger partial charge on any atom is -0.497 e. The van der Waals surface area contributed by atoms with Gasteiger partial charge in [-0.25, -0.2) is 9.59 Å². The molecule has 3 aliphatic rings. The molecule has 6 rings (SSSR count). The van der Waals surface area contributed by atoms with Gasteiger partial charge in [-0.3, -0.25) is 28.7 Å². The number of carbonyl (C=O) groups is 2. The fourth-order valence-corrected chi connectivity index (χ4v) is 7.69. The molecule has 3 fully saturated rings. The number of halogens is 3. The molecule has 3 heterocycles. The van der Waals surface area contributed by atoms with Crippen molar-refractivity contribution < 1.29 is 27.5 Å². The zero-order chi connectivity index (χ0) is 33.0. The van der Waals surface area contributed by atoms with Crippen molar-refractivity contribution in [2.24, 2.45) is 5.41 Å². The number of aromatic amines is 1. The number of ether oxygens (including phenoxy) is 1. The number of alkyl halides is 3. The number of carbonyl (C=O) groups excluding carboxylic acids is 2. The summed E-state index contributed by atoms with van der Waals surface area (Å²) in [5.41, 5.74) is -1.63. The Morgan fingerprint density at radius 1 is 1.09 bits per heavy atom. The first-order chi connectivity index (χ1) is 21.8. The highest BCUT2D eigenvalue weighted by Gasteiger charge is 2.69. The van der Waals surface area contributed by atoms with Gasteiger partial charge in [-0.15, -0.1) is 0 Å². The Hall–Kier alpha value is -4.30. The van der Waals surface area contributed by atoms with Crippen molar-refractivity contribution in [3.05, 3.63) is 50.7 Å². The van der Waals surface area contributed by atoms with Gasteiger partial charge in [0.05, 0.1) is 7.11 Å². The highest BCUT2D eigenvalue weighted by molar-refractivity contribution is 6.07. The Balaban J connectivity index is 1.25. The first-order valence-electron chi connectivity index (χ1n) is 15.6. The number of nitrogens with zero attached hydrogens (tertiary/aromatic N) is 5. The molecule has 1 saturated heterocycles. The summed E-state index contributed by atoms with van der Waals surface area (Å²) in [7, 11) is 2.80. The number of hydrogen-bond acceptors (Lipinski definition) is 7. The van der Waals surface area contributed by atoms with Crippen LogP contribution in [0.3, 0.4) is 0 Å². The molecule has 12 nitrogen and oxygen atoms in total. The number of rotatable bonds is 9. The number of benzene rings is 1. The van der Waals surface area contributed by atoms with Gasteiger partial charge in [0.1, 0.15) is 29.0 Å². The van der Waals surface area contributed by atoms with Crippen LogP contribution >= 0.6 is 0 Å². The SMILES string of the molecule is CCCCn1c(=O)n(C2CCC3(CC2)CC2(C3)C(=O)N(C)C(=O)N2CC(F)(F)F)c(=O)c2c(NCc3ccc(OC)cc3)[nH]nc21. The van der Waals surface area contributed by atoms with E-state index in [4.69, 9.17) is 4.74 Å². The number of amides is 3. The Labute approximate surface area is 262 Å². The largest absolute Gasteiger partial charge is 0.497 e. The molecule has 0 unspecified atom stereocenters. The molecule has 0 radical (unpaired) electrons. The second-order valence-electron chi connectivity index (χ2n) is 12.9. The maximum atomic E-state index is 14.0. The minimum absolute atomic E-state index is 0.132. The molecule has 2 aromatic heterocycles. The number of aryl methyl sites for hydroxylation is 1. The molecule has 2 spiro atoms. The summed E-state index contributed by atoms with van der Waals surface area (Å²) in [5.74, 6) is 0.519. The standard InChI is InChI=1S/C31H38F3N7O5/c1-4-5-14-39-24-22(23(36-37-24)35-15-19-6-8-21(46-3)9-7-19)25(42)41(28(39)45)20-10-12-29(13-11-20)16-30(17-29)26(43)38(2)27(44)40(30)18-31(32,33)34/h6-9,20H,4-5,10-18H2,1-3H3,(H2,35,36,37). The highest BCUT2D eigenvalue weighted by atomic mass is 19.4. The van der Waals surface area contributed by atoms with Gasteiger partial charge >= 0.3 is 17.9 Å². The Morgan fingerprint density at radius 2 is 1.76 bits per heavy atom. The van der Waals surface area contributed by atoms with Crippen LogP contribution in [0, 0.1) is 5.41 Å². The lowest BCUT2D eigenvalue weighted by molar-refractivity contribution is -0.173. The first kappa shape index (κ1) is 31.7. The van der Waals surface area contributed by atoms with Gasteiger partial charge in [-0.1, -0.05) is 25.5 Å². The molecule has 1 aromatic carbocycles. The maximum Gasteiger partial charge on any atom is 0.406 e. The lowest BCUT2D eigenvalue weighted by Crippen LogP contribution is -2.65. The minimum atomic E-state index is -4.64. The van der Waals surface area contributed by atoms with Gasteiger partial charge in [0, 0.05) is 26.2 Å². The third-order valence-corrected chi connectivity index (χ3v) is 10.0. The fraction of sp³-hybridized carbons (Fsp3) is 0.581. The van der Waals surface area contributed by atoms with Crippen LogP contribution in [-0.2, 0) is 17.9 Å². The predicted molar refractivity (Wildman–Crippen MR) is 163 cm³/mol. The number of likely N-dealkylation sites (N-methyl/N-ethyl adjacent to an activating group) is 1. The Bertz CT molecular complexity index is 1760. The molecule has 46 heavy (non-hydrogen) atoms. The zero-order valence-electron chi connectivity index (χ0n) is 26.1. The van der Waals surface area contributed by atoms with Crippen LogP contribution in [0.4, 0.5) is 23.8 Å². The van der Waals surface area contributed by atoms with Gasteiger partial charge in [-0.2, -0.15) is 18.3 Å². The van der Waals surface area contributed by atoms with Crippen molar-refractivity contribution >= 4 is 28.8 Å². The van der Waals surface area contributed by atoms with Crippen LogP contribution in [0.15, 0.2) is 33.9 Å². The number of imide groups is 1. The van der Waals surface area contributed by atoms with Crippen LogP contribution in [0.5, 0.6) is 5.75 Å². The van der Waals surface area contributed by atoms with Crippen LogP contribution < -0.4 is 21.3 Å². The van der Waals surface area contributed by atoms with Crippen molar-refractivity contribution in [1.82, 2.24) is 29.1 Å². The number of aromatic nitrogens is 4. The smallest absolute Gasteiger partial charge is 0.406 e. The molecular weight excluding hydrogens is 607 g/mol. The molecule has 15 heteroatoms. The number of fused-ring (bicyclic) bond motifs is 1. The molecular formula is C31H38F3N7O5. The molecule has 1 aliphatic heterocycles. The number of hydrogen-bond donors (Lipinski definition) is 2. The lowest BCUT2D eigenvalue weighted by atomic mass is 9.51. The summed E-state index contributed by atoms with van der Waals surface area (Å²) < 4.78 is 48.2. The third kappa shape index (κ3) is 5.22. The number of unbranched alkanes of at least 4 members (excludes halogenated alkanes) is 1. The normalized spacial score (nSPS) is 24.8. The van der Waals surface area contributed by atoms with Crippen molar-refractivity contribution in [3.8, 4) is 5.75 Å². The molecule has 2 saturated carbocycles. The second-order valence-corrected chi connectivity index (χ2v) is 12.9. The van der Waals surface area contributed by atoms with E-state index in [9.17, 15) is 32.3 Å². The van der Waals surface area contributed by atoms with Crippen LogP contribution in [0.2, 0.25) is 0 Å². The first-order valence-corrected chi connectivity index (χ1v) is 15.6. The molecule has 3 amide bonds. The van der Waals surface area contributed by atoms with Crippen LogP contribution in [0.25, 0.3) is 11.0 Å². The summed E-state index contributed by atoms with van der Waals surface area (Å²) in [6.45, 7) is 1.30. The van der Waals surface area contributed by atoms with E-state index in [1.54, 1.807) is 7.11 Å².